The van der Waals surface area contributed by atoms with Crippen molar-refractivity contribution in [3.8, 4) is 11.1 Å². The molecule has 0 saturated heterocycles. The highest BCUT2D eigenvalue weighted by atomic mass is 32.2. The average Bonchev–Trinajstić information content (AvgIpc) is 3.03. The van der Waals surface area contributed by atoms with E-state index in [1.54, 1.807) is 28.8 Å². The lowest BCUT2D eigenvalue weighted by atomic mass is 10.1. The van der Waals surface area contributed by atoms with Crippen LogP contribution in [0.1, 0.15) is 0 Å². The van der Waals surface area contributed by atoms with Crippen LogP contribution in [-0.4, -0.2) is 29.3 Å². The Morgan fingerprint density at radius 1 is 0.885 bits per heavy atom. The average molecular weight is 364 g/mol. The molecule has 0 radical (unpaired) electrons. The fourth-order valence-electron chi connectivity index (χ4n) is 2.65. The van der Waals surface area contributed by atoms with E-state index in [1.807, 2.05) is 48.7 Å². The van der Waals surface area contributed by atoms with E-state index in [2.05, 4.69) is 15.4 Å². The topological polar surface area (TPSA) is 76.4 Å². The van der Waals surface area contributed by atoms with Gasteiger partial charge >= 0.3 is 0 Å². The molecule has 130 valence electrons. The number of sulfone groups is 1. The van der Waals surface area contributed by atoms with E-state index in [0.717, 1.165) is 22.5 Å². The lowest BCUT2D eigenvalue weighted by molar-refractivity contribution is 0.602. The molecule has 26 heavy (non-hydrogen) atoms. The largest absolute Gasteiger partial charge is 0.323 e. The van der Waals surface area contributed by atoms with Crippen molar-refractivity contribution < 1.29 is 8.42 Å². The zero-order chi connectivity index (χ0) is 18.1. The molecule has 0 aliphatic rings. The number of hydrogen-bond acceptors (Lipinski definition) is 5. The van der Waals surface area contributed by atoms with Crippen molar-refractivity contribution in [2.75, 3.05) is 11.6 Å². The molecule has 0 bridgehead atoms. The Kier molecular flexibility index (Phi) is 3.93. The Bertz CT molecular complexity index is 1170. The molecule has 4 rings (SSSR count). The van der Waals surface area contributed by atoms with Gasteiger partial charge in [-0.25, -0.2) is 12.9 Å². The Labute approximate surface area is 151 Å². The fraction of sp³-hybridized carbons (Fsp3) is 0.0526. The third kappa shape index (κ3) is 3.29. The predicted molar refractivity (Wildman–Crippen MR) is 101 cm³/mol. The monoisotopic (exact) mass is 364 g/mol. The van der Waals surface area contributed by atoms with Gasteiger partial charge in [0.25, 0.3) is 0 Å². The second-order valence-corrected chi connectivity index (χ2v) is 7.96. The van der Waals surface area contributed by atoms with Crippen LogP contribution in [0.3, 0.4) is 0 Å². The number of anilines is 2. The van der Waals surface area contributed by atoms with Gasteiger partial charge < -0.3 is 5.32 Å². The van der Waals surface area contributed by atoms with Crippen molar-refractivity contribution in [2.45, 2.75) is 4.90 Å². The first-order valence-corrected chi connectivity index (χ1v) is 9.87. The summed E-state index contributed by atoms with van der Waals surface area (Å²) in [5.74, 6) is 0.447. The molecule has 0 fully saturated rings. The van der Waals surface area contributed by atoms with E-state index in [9.17, 15) is 8.42 Å². The molecule has 0 unspecified atom stereocenters. The van der Waals surface area contributed by atoms with Crippen molar-refractivity contribution in [1.82, 2.24) is 14.6 Å². The van der Waals surface area contributed by atoms with Crippen LogP contribution in [-0.2, 0) is 9.84 Å². The summed E-state index contributed by atoms with van der Waals surface area (Å²) < 4.78 is 24.8. The minimum atomic E-state index is -3.21. The van der Waals surface area contributed by atoms with E-state index in [-0.39, 0.29) is 4.90 Å². The minimum Gasteiger partial charge on any atom is -0.323 e. The molecule has 6 nitrogen and oxygen atoms in total. The molecule has 0 amide bonds. The molecule has 2 heterocycles. The van der Waals surface area contributed by atoms with Gasteiger partial charge in [0.15, 0.2) is 15.5 Å². The highest BCUT2D eigenvalue weighted by molar-refractivity contribution is 7.90. The molecule has 0 saturated carbocycles. The van der Waals surface area contributed by atoms with Crippen molar-refractivity contribution in [3.63, 3.8) is 0 Å². The molecule has 0 atom stereocenters. The molecule has 0 aliphatic carbocycles. The Morgan fingerprint density at radius 2 is 1.62 bits per heavy atom. The summed E-state index contributed by atoms with van der Waals surface area (Å²) in [6.45, 7) is 0. The number of aromatic nitrogens is 3. The van der Waals surface area contributed by atoms with Crippen LogP contribution in [0.5, 0.6) is 0 Å². The van der Waals surface area contributed by atoms with E-state index in [1.165, 1.54) is 6.26 Å². The number of benzene rings is 2. The second kappa shape index (κ2) is 6.27. The number of rotatable bonds is 4. The van der Waals surface area contributed by atoms with Crippen molar-refractivity contribution in [3.05, 3.63) is 72.9 Å². The normalized spacial score (nSPS) is 11.6. The highest BCUT2D eigenvalue weighted by Gasteiger charge is 2.08. The molecule has 4 aromatic rings. The number of fused-ring (bicyclic) bond motifs is 1. The maximum Gasteiger partial charge on any atom is 0.247 e. The maximum atomic E-state index is 11.5. The summed E-state index contributed by atoms with van der Waals surface area (Å²) in [6.07, 6.45) is 3.11. The number of pyridine rings is 1. The first-order valence-electron chi connectivity index (χ1n) is 7.98. The van der Waals surface area contributed by atoms with Crippen LogP contribution in [0, 0.1) is 0 Å². The van der Waals surface area contributed by atoms with E-state index in [0.29, 0.717) is 5.95 Å². The Balaban J connectivity index is 1.61. The van der Waals surface area contributed by atoms with Crippen molar-refractivity contribution >= 4 is 27.1 Å². The fourth-order valence-corrected chi connectivity index (χ4v) is 3.28. The van der Waals surface area contributed by atoms with Gasteiger partial charge in [-0.1, -0.05) is 30.3 Å². The molecular weight excluding hydrogens is 348 g/mol. The van der Waals surface area contributed by atoms with E-state index >= 15 is 0 Å². The molecule has 2 aromatic heterocycles. The third-order valence-corrected chi connectivity index (χ3v) is 5.11. The molecule has 0 aliphatic heterocycles. The third-order valence-electron chi connectivity index (χ3n) is 3.98. The van der Waals surface area contributed by atoms with Gasteiger partial charge in [-0.05, 0) is 42.0 Å². The van der Waals surface area contributed by atoms with Crippen LogP contribution in [0.4, 0.5) is 11.6 Å². The number of nitrogens with one attached hydrogen (secondary N) is 1. The van der Waals surface area contributed by atoms with Gasteiger partial charge in [0.1, 0.15) is 0 Å². The number of nitrogens with zero attached hydrogens (tertiary/aromatic N) is 3. The van der Waals surface area contributed by atoms with Crippen LogP contribution in [0.25, 0.3) is 16.8 Å². The number of hydrogen-bond donors (Lipinski definition) is 1. The lowest BCUT2D eigenvalue weighted by Gasteiger charge is -2.03. The van der Waals surface area contributed by atoms with Crippen LogP contribution in [0.2, 0.25) is 0 Å². The van der Waals surface area contributed by atoms with Gasteiger partial charge in [0.2, 0.25) is 5.95 Å². The van der Waals surface area contributed by atoms with E-state index < -0.39 is 9.84 Å². The highest BCUT2D eigenvalue weighted by Crippen LogP contribution is 2.21. The standard InChI is InChI=1S/C19H16N4O2S/c1-26(24,25)17-10-8-16(9-11-17)20-19-21-18-12-7-15(13-23(18)22-19)14-5-3-2-4-6-14/h2-13H,1H3,(H,20,22). The van der Waals surface area contributed by atoms with Gasteiger partial charge in [0.05, 0.1) is 4.90 Å². The quantitative estimate of drug-likeness (QED) is 0.599. The summed E-state index contributed by atoms with van der Waals surface area (Å²) in [7, 11) is -3.21. The smallest absolute Gasteiger partial charge is 0.247 e. The predicted octanol–water partition coefficient (Wildman–Crippen LogP) is 3.54. The summed E-state index contributed by atoms with van der Waals surface area (Å²) in [5.41, 5.74) is 3.60. The van der Waals surface area contributed by atoms with Gasteiger partial charge in [0, 0.05) is 23.7 Å². The van der Waals surface area contributed by atoms with Crippen LogP contribution >= 0.6 is 0 Å². The molecule has 2 aromatic carbocycles. The molecule has 7 heteroatoms. The van der Waals surface area contributed by atoms with Gasteiger partial charge in [-0.2, -0.15) is 4.98 Å². The summed E-state index contributed by atoms with van der Waals surface area (Å²) in [4.78, 5) is 4.71. The Morgan fingerprint density at radius 3 is 2.31 bits per heavy atom. The SMILES string of the molecule is CS(=O)(=O)c1ccc(Nc2nc3ccc(-c4ccccc4)cn3n2)cc1. The Hall–Kier alpha value is -3.19. The van der Waals surface area contributed by atoms with Crippen molar-refractivity contribution in [1.29, 1.82) is 0 Å². The lowest BCUT2D eigenvalue weighted by Crippen LogP contribution is -1.98. The maximum absolute atomic E-state index is 11.5. The van der Waals surface area contributed by atoms with Crippen molar-refractivity contribution in [2.24, 2.45) is 0 Å². The summed E-state index contributed by atoms with van der Waals surface area (Å²) in [6, 6.07) is 20.5. The molecule has 0 spiro atoms. The van der Waals surface area contributed by atoms with E-state index in [4.69, 9.17) is 0 Å². The first kappa shape index (κ1) is 16.3. The minimum absolute atomic E-state index is 0.276. The molecule has 1 N–H and O–H groups in total. The summed E-state index contributed by atoms with van der Waals surface area (Å²) in [5, 5.41) is 7.53. The summed E-state index contributed by atoms with van der Waals surface area (Å²) >= 11 is 0. The molecular formula is C19H16N4O2S. The zero-order valence-electron chi connectivity index (χ0n) is 14.0. The van der Waals surface area contributed by atoms with Gasteiger partial charge in [-0.15, -0.1) is 5.10 Å². The second-order valence-electron chi connectivity index (χ2n) is 5.94. The zero-order valence-corrected chi connectivity index (χ0v) is 14.8. The first-order chi connectivity index (χ1) is 12.5. The van der Waals surface area contributed by atoms with Crippen LogP contribution in [0.15, 0.2) is 77.8 Å². The van der Waals surface area contributed by atoms with Crippen LogP contribution < -0.4 is 5.32 Å². The van der Waals surface area contributed by atoms with Gasteiger partial charge in [-0.3, -0.25) is 0 Å².